The van der Waals surface area contributed by atoms with Crippen molar-refractivity contribution in [3.05, 3.63) is 53.3 Å². The molecule has 0 aliphatic carbocycles. The molecule has 0 bridgehead atoms. The number of anilines is 1. The molecule has 1 aromatic heterocycles. The van der Waals surface area contributed by atoms with Crippen molar-refractivity contribution in [1.29, 1.82) is 0 Å². The van der Waals surface area contributed by atoms with Crippen LogP contribution in [0.4, 0.5) is 5.69 Å². The van der Waals surface area contributed by atoms with Gasteiger partial charge in [-0.05, 0) is 43.7 Å². The lowest BCUT2D eigenvalue weighted by Gasteiger charge is -2.38. The molecule has 0 saturated carbocycles. The lowest BCUT2D eigenvalue weighted by molar-refractivity contribution is -0.132. The number of halogens is 1. The Kier molecular flexibility index (Phi) is 5.13. The molecule has 0 fully saturated rings. The number of benzene rings is 1. The molecule has 1 N–H and O–H groups in total. The smallest absolute Gasteiger partial charge is 0.270 e. The third kappa shape index (κ3) is 3.96. The number of carbonyl (C=O) groups excluding carboxylic acids is 2. The molecule has 1 aromatic carbocycles. The first-order valence-electron chi connectivity index (χ1n) is 8.33. The van der Waals surface area contributed by atoms with Crippen LogP contribution in [0.25, 0.3) is 0 Å². The summed E-state index contributed by atoms with van der Waals surface area (Å²) >= 11 is 6.06. The molecule has 2 aromatic rings. The summed E-state index contributed by atoms with van der Waals surface area (Å²) in [6.45, 7) is 4.07. The van der Waals surface area contributed by atoms with Gasteiger partial charge in [0, 0.05) is 36.9 Å². The summed E-state index contributed by atoms with van der Waals surface area (Å²) in [5.74, 6) is 0.233. The maximum Gasteiger partial charge on any atom is 0.270 e. The maximum atomic E-state index is 12.7. The van der Waals surface area contributed by atoms with Crippen molar-refractivity contribution in [2.75, 3.05) is 11.4 Å². The van der Waals surface area contributed by atoms with Crippen LogP contribution < -0.4 is 15.0 Å². The van der Waals surface area contributed by atoms with Crippen molar-refractivity contribution in [2.45, 2.75) is 32.4 Å². The second-order valence-electron chi connectivity index (χ2n) is 6.57. The average Bonchev–Trinajstić information content (AvgIpc) is 2.62. The Morgan fingerprint density at radius 3 is 2.88 bits per heavy atom. The van der Waals surface area contributed by atoms with Gasteiger partial charge < -0.3 is 15.0 Å². The Hall–Kier alpha value is -2.60. The van der Waals surface area contributed by atoms with Crippen LogP contribution in [0.3, 0.4) is 0 Å². The molecule has 136 valence electrons. The van der Waals surface area contributed by atoms with Gasteiger partial charge in [0.25, 0.3) is 5.91 Å². The van der Waals surface area contributed by atoms with Gasteiger partial charge in [-0.2, -0.15) is 0 Å². The SMILES string of the molecule is CC1(C)Oc2ccc(Cl)cc2N(CCC(=O)NCc2cccnc2)C1=O. The number of ether oxygens (including phenoxy) is 1. The Labute approximate surface area is 157 Å². The highest BCUT2D eigenvalue weighted by molar-refractivity contribution is 6.31. The number of aromatic nitrogens is 1. The maximum absolute atomic E-state index is 12.7. The summed E-state index contributed by atoms with van der Waals surface area (Å²) < 4.78 is 5.77. The van der Waals surface area contributed by atoms with Crippen LogP contribution in [-0.2, 0) is 16.1 Å². The van der Waals surface area contributed by atoms with E-state index in [1.807, 2.05) is 12.1 Å². The summed E-state index contributed by atoms with van der Waals surface area (Å²) in [6, 6.07) is 8.83. The predicted octanol–water partition coefficient (Wildman–Crippen LogP) is 2.95. The van der Waals surface area contributed by atoms with Crippen molar-refractivity contribution in [1.82, 2.24) is 10.3 Å². The first-order chi connectivity index (χ1) is 12.4. The monoisotopic (exact) mass is 373 g/mol. The number of pyridine rings is 1. The van der Waals surface area contributed by atoms with E-state index in [9.17, 15) is 9.59 Å². The molecule has 2 heterocycles. The van der Waals surface area contributed by atoms with Crippen LogP contribution in [0, 0.1) is 0 Å². The van der Waals surface area contributed by atoms with E-state index in [0.29, 0.717) is 23.0 Å². The van der Waals surface area contributed by atoms with Gasteiger partial charge in [-0.15, -0.1) is 0 Å². The van der Waals surface area contributed by atoms with Gasteiger partial charge >= 0.3 is 0 Å². The van der Waals surface area contributed by atoms with E-state index >= 15 is 0 Å². The van der Waals surface area contributed by atoms with Crippen LogP contribution in [-0.4, -0.2) is 28.9 Å². The van der Waals surface area contributed by atoms with Gasteiger partial charge in [-0.25, -0.2) is 0 Å². The van der Waals surface area contributed by atoms with Crippen LogP contribution in [0.5, 0.6) is 5.75 Å². The first-order valence-corrected chi connectivity index (χ1v) is 8.71. The number of carbonyl (C=O) groups is 2. The minimum atomic E-state index is -0.993. The van der Waals surface area contributed by atoms with Gasteiger partial charge in [-0.3, -0.25) is 14.6 Å². The van der Waals surface area contributed by atoms with Gasteiger partial charge in [-0.1, -0.05) is 17.7 Å². The third-order valence-corrected chi connectivity index (χ3v) is 4.35. The fraction of sp³-hybridized carbons (Fsp3) is 0.316. The van der Waals surface area contributed by atoms with Gasteiger partial charge in [0.1, 0.15) is 5.75 Å². The summed E-state index contributed by atoms with van der Waals surface area (Å²) in [4.78, 5) is 30.5. The van der Waals surface area contributed by atoms with Gasteiger partial charge in [0.2, 0.25) is 5.91 Å². The zero-order valence-electron chi connectivity index (χ0n) is 14.7. The molecule has 0 atom stereocenters. The second-order valence-corrected chi connectivity index (χ2v) is 7.01. The summed E-state index contributed by atoms with van der Waals surface area (Å²) in [7, 11) is 0. The number of nitrogens with zero attached hydrogens (tertiary/aromatic N) is 2. The Morgan fingerprint density at radius 2 is 2.15 bits per heavy atom. The summed E-state index contributed by atoms with van der Waals surface area (Å²) in [5.41, 5.74) is 0.510. The largest absolute Gasteiger partial charge is 0.476 e. The quantitative estimate of drug-likeness (QED) is 0.874. The minimum absolute atomic E-state index is 0.144. The van der Waals surface area contributed by atoms with E-state index in [1.54, 1.807) is 49.3 Å². The summed E-state index contributed by atoms with van der Waals surface area (Å²) in [5, 5.41) is 3.34. The third-order valence-electron chi connectivity index (χ3n) is 4.11. The number of hydrogen-bond acceptors (Lipinski definition) is 4. The van der Waals surface area contributed by atoms with E-state index in [-0.39, 0.29) is 24.8 Å². The van der Waals surface area contributed by atoms with Crippen molar-refractivity contribution >= 4 is 29.1 Å². The zero-order valence-corrected chi connectivity index (χ0v) is 15.4. The highest BCUT2D eigenvalue weighted by atomic mass is 35.5. The van der Waals surface area contributed by atoms with Gasteiger partial charge in [0.05, 0.1) is 5.69 Å². The van der Waals surface area contributed by atoms with Crippen molar-refractivity contribution in [3.8, 4) is 5.75 Å². The molecule has 1 aliphatic rings. The first kappa shape index (κ1) is 18.2. The summed E-state index contributed by atoms with van der Waals surface area (Å²) in [6.07, 6.45) is 3.56. The average molecular weight is 374 g/mol. The molecule has 26 heavy (non-hydrogen) atoms. The van der Waals surface area contributed by atoms with E-state index in [2.05, 4.69) is 10.3 Å². The molecule has 6 nitrogen and oxygen atoms in total. The molecule has 0 unspecified atom stereocenters. The molecule has 2 amide bonds. The Morgan fingerprint density at radius 1 is 1.35 bits per heavy atom. The van der Waals surface area contributed by atoms with Crippen molar-refractivity contribution in [2.24, 2.45) is 0 Å². The van der Waals surface area contributed by atoms with Crippen molar-refractivity contribution in [3.63, 3.8) is 0 Å². The number of nitrogens with one attached hydrogen (secondary N) is 1. The number of fused-ring (bicyclic) bond motifs is 1. The Bertz CT molecular complexity index is 824. The molecule has 7 heteroatoms. The molecule has 0 spiro atoms. The van der Waals surface area contributed by atoms with E-state index in [4.69, 9.17) is 16.3 Å². The van der Waals surface area contributed by atoms with Crippen molar-refractivity contribution < 1.29 is 14.3 Å². The molecular formula is C19H20ClN3O3. The second kappa shape index (κ2) is 7.33. The fourth-order valence-corrected chi connectivity index (χ4v) is 2.93. The van der Waals surface area contributed by atoms with E-state index < -0.39 is 5.60 Å². The molecule has 3 rings (SSSR count). The van der Waals surface area contributed by atoms with Crippen LogP contribution in [0.2, 0.25) is 5.02 Å². The standard InChI is InChI=1S/C19H20ClN3O3/c1-19(2)18(25)23(15-10-14(20)5-6-16(15)26-19)9-7-17(24)22-12-13-4-3-8-21-11-13/h3-6,8,10-11H,7,9,12H2,1-2H3,(H,22,24). The van der Waals surface area contributed by atoms with Crippen LogP contribution in [0.15, 0.2) is 42.7 Å². The highest BCUT2D eigenvalue weighted by Gasteiger charge is 2.40. The normalized spacial score (nSPS) is 15.2. The Balaban J connectivity index is 1.67. The van der Waals surface area contributed by atoms with Crippen LogP contribution in [0.1, 0.15) is 25.8 Å². The zero-order chi connectivity index (χ0) is 18.7. The van der Waals surface area contributed by atoms with E-state index in [1.165, 1.54) is 0 Å². The van der Waals surface area contributed by atoms with Crippen LogP contribution >= 0.6 is 11.6 Å². The molecular weight excluding hydrogens is 354 g/mol. The number of hydrogen-bond donors (Lipinski definition) is 1. The molecule has 0 radical (unpaired) electrons. The fourth-order valence-electron chi connectivity index (χ4n) is 2.77. The van der Waals surface area contributed by atoms with E-state index in [0.717, 1.165) is 5.56 Å². The molecule has 1 aliphatic heterocycles. The highest BCUT2D eigenvalue weighted by Crippen LogP contribution is 2.39. The number of amides is 2. The van der Waals surface area contributed by atoms with Gasteiger partial charge in [0.15, 0.2) is 5.60 Å². The molecule has 0 saturated heterocycles. The predicted molar refractivity (Wildman–Crippen MR) is 99.2 cm³/mol. The lowest BCUT2D eigenvalue weighted by atomic mass is 10.0. The lowest BCUT2D eigenvalue weighted by Crippen LogP contribution is -2.53. The minimum Gasteiger partial charge on any atom is -0.476 e. The number of rotatable bonds is 5. The topological polar surface area (TPSA) is 71.5 Å².